The summed E-state index contributed by atoms with van der Waals surface area (Å²) >= 11 is 0. The molecule has 1 fully saturated rings. The topological polar surface area (TPSA) is 53.7 Å². The molecule has 0 atom stereocenters. The molecule has 1 aliphatic carbocycles. The Balaban J connectivity index is 1.93. The largest absolute Gasteiger partial charge is 0.475 e. The minimum Gasteiger partial charge on any atom is -0.475 e. The molecule has 0 aromatic carbocycles. The molecular formula is C13H19NO3. The fourth-order valence-corrected chi connectivity index (χ4v) is 1.97. The minimum atomic E-state index is -0.997. The number of rotatable bonds is 7. The molecule has 4 nitrogen and oxygen atoms in total. The maximum atomic E-state index is 10.7. The molecule has 1 aromatic heterocycles. The van der Waals surface area contributed by atoms with E-state index in [9.17, 15) is 4.79 Å². The predicted octanol–water partition coefficient (Wildman–Crippen LogP) is 2.74. The number of carboxylic acid groups (broad SMARTS) is 1. The number of nitrogens with zero attached hydrogens (tertiary/aromatic N) is 1. The number of furan rings is 1. The van der Waals surface area contributed by atoms with E-state index in [0.717, 1.165) is 18.8 Å². The van der Waals surface area contributed by atoms with Crippen LogP contribution in [0.5, 0.6) is 0 Å². The molecule has 0 amide bonds. The van der Waals surface area contributed by atoms with Crippen molar-refractivity contribution in [1.29, 1.82) is 0 Å². The second-order valence-corrected chi connectivity index (χ2v) is 4.63. The van der Waals surface area contributed by atoms with E-state index < -0.39 is 5.97 Å². The number of hydrogen-bond donors (Lipinski definition) is 1. The molecular weight excluding hydrogens is 218 g/mol. The summed E-state index contributed by atoms with van der Waals surface area (Å²) in [5.74, 6) is -0.209. The predicted molar refractivity (Wildman–Crippen MR) is 64.0 cm³/mol. The molecule has 0 saturated heterocycles. The number of carbonyl (C=O) groups is 1. The maximum Gasteiger partial charge on any atom is 0.371 e. The van der Waals surface area contributed by atoms with Gasteiger partial charge >= 0.3 is 5.97 Å². The van der Waals surface area contributed by atoms with Crippen molar-refractivity contribution < 1.29 is 14.3 Å². The van der Waals surface area contributed by atoms with Gasteiger partial charge in [0.15, 0.2) is 0 Å². The quantitative estimate of drug-likeness (QED) is 0.792. The van der Waals surface area contributed by atoms with Crippen LogP contribution in [0.1, 0.15) is 48.9 Å². The average molecular weight is 237 g/mol. The Hall–Kier alpha value is -1.29. The highest BCUT2D eigenvalue weighted by molar-refractivity contribution is 5.84. The molecule has 1 aliphatic rings. The van der Waals surface area contributed by atoms with Gasteiger partial charge in [-0.1, -0.05) is 13.3 Å². The fraction of sp³-hybridized carbons (Fsp3) is 0.615. The van der Waals surface area contributed by atoms with E-state index in [0.29, 0.717) is 6.04 Å². The van der Waals surface area contributed by atoms with Crippen LogP contribution in [0.15, 0.2) is 16.5 Å². The van der Waals surface area contributed by atoms with Gasteiger partial charge in [0.1, 0.15) is 5.76 Å². The fourth-order valence-electron chi connectivity index (χ4n) is 1.97. The Bertz CT molecular complexity index is 382. The third kappa shape index (κ3) is 3.33. The number of unbranched alkanes of at least 4 members (excludes halogenated alkanes) is 1. The van der Waals surface area contributed by atoms with E-state index in [-0.39, 0.29) is 5.76 Å². The van der Waals surface area contributed by atoms with Crippen molar-refractivity contribution >= 4 is 5.97 Å². The molecule has 94 valence electrons. The summed E-state index contributed by atoms with van der Waals surface area (Å²) in [5, 5.41) is 8.79. The molecule has 0 bridgehead atoms. The first-order valence-corrected chi connectivity index (χ1v) is 6.26. The van der Waals surface area contributed by atoms with Crippen LogP contribution in [0.25, 0.3) is 0 Å². The van der Waals surface area contributed by atoms with Gasteiger partial charge in [-0.05, 0) is 37.9 Å². The van der Waals surface area contributed by atoms with Crippen molar-refractivity contribution in [3.8, 4) is 0 Å². The van der Waals surface area contributed by atoms with E-state index in [4.69, 9.17) is 9.52 Å². The van der Waals surface area contributed by atoms with Crippen LogP contribution in [0.4, 0.5) is 0 Å². The van der Waals surface area contributed by atoms with Gasteiger partial charge < -0.3 is 9.52 Å². The smallest absolute Gasteiger partial charge is 0.371 e. The number of carboxylic acids is 1. The van der Waals surface area contributed by atoms with Gasteiger partial charge in [-0.3, -0.25) is 4.90 Å². The molecule has 1 saturated carbocycles. The molecule has 1 N–H and O–H groups in total. The highest BCUT2D eigenvalue weighted by Crippen LogP contribution is 2.28. The molecule has 4 heteroatoms. The Kier molecular flexibility index (Phi) is 3.84. The summed E-state index contributed by atoms with van der Waals surface area (Å²) in [4.78, 5) is 13.1. The van der Waals surface area contributed by atoms with E-state index in [1.807, 2.05) is 0 Å². The van der Waals surface area contributed by atoms with Crippen LogP contribution in [0, 0.1) is 0 Å². The standard InChI is InChI=1S/C13H19NO3/c1-2-3-8-14(10-4-5-10)9-11-6-7-12(17-11)13(15)16/h6-7,10H,2-5,8-9H2,1H3,(H,15,16). The molecule has 17 heavy (non-hydrogen) atoms. The Labute approximate surface area is 101 Å². The lowest BCUT2D eigenvalue weighted by molar-refractivity contribution is 0.0658. The Morgan fingerprint density at radius 3 is 2.82 bits per heavy atom. The van der Waals surface area contributed by atoms with Crippen LogP contribution in [0.2, 0.25) is 0 Å². The van der Waals surface area contributed by atoms with E-state index in [1.165, 1.54) is 31.7 Å². The third-order valence-electron chi connectivity index (χ3n) is 3.09. The summed E-state index contributed by atoms with van der Waals surface area (Å²) in [5.41, 5.74) is 0. The first-order chi connectivity index (χ1) is 8.20. The SMILES string of the molecule is CCCCN(Cc1ccc(C(=O)O)o1)C1CC1. The second-order valence-electron chi connectivity index (χ2n) is 4.63. The van der Waals surface area contributed by atoms with Crippen molar-refractivity contribution in [2.45, 2.75) is 45.2 Å². The molecule has 2 rings (SSSR count). The van der Waals surface area contributed by atoms with Gasteiger partial charge in [-0.25, -0.2) is 4.79 Å². The van der Waals surface area contributed by atoms with Crippen LogP contribution >= 0.6 is 0 Å². The molecule has 1 heterocycles. The lowest BCUT2D eigenvalue weighted by Crippen LogP contribution is -2.26. The zero-order chi connectivity index (χ0) is 12.3. The summed E-state index contributed by atoms with van der Waals surface area (Å²) in [6.45, 7) is 3.99. The number of hydrogen-bond acceptors (Lipinski definition) is 3. The van der Waals surface area contributed by atoms with Crippen LogP contribution in [0.3, 0.4) is 0 Å². The van der Waals surface area contributed by atoms with Gasteiger partial charge in [-0.2, -0.15) is 0 Å². The molecule has 1 aromatic rings. The normalized spacial score (nSPS) is 15.4. The highest BCUT2D eigenvalue weighted by Gasteiger charge is 2.29. The lowest BCUT2D eigenvalue weighted by atomic mass is 10.3. The zero-order valence-electron chi connectivity index (χ0n) is 10.2. The minimum absolute atomic E-state index is 0.0336. The van der Waals surface area contributed by atoms with Crippen molar-refractivity contribution in [2.24, 2.45) is 0 Å². The van der Waals surface area contributed by atoms with Crippen molar-refractivity contribution in [3.63, 3.8) is 0 Å². The van der Waals surface area contributed by atoms with Crippen LogP contribution < -0.4 is 0 Å². The summed E-state index contributed by atoms with van der Waals surface area (Å²) < 4.78 is 5.29. The van der Waals surface area contributed by atoms with Crippen LogP contribution in [-0.4, -0.2) is 28.6 Å². The Morgan fingerprint density at radius 2 is 2.29 bits per heavy atom. The molecule has 0 unspecified atom stereocenters. The van der Waals surface area contributed by atoms with Gasteiger partial charge in [-0.15, -0.1) is 0 Å². The van der Waals surface area contributed by atoms with Crippen LogP contribution in [-0.2, 0) is 6.54 Å². The summed E-state index contributed by atoms with van der Waals surface area (Å²) in [7, 11) is 0. The Morgan fingerprint density at radius 1 is 1.53 bits per heavy atom. The van der Waals surface area contributed by atoms with Crippen molar-refractivity contribution in [3.05, 3.63) is 23.7 Å². The highest BCUT2D eigenvalue weighted by atomic mass is 16.4. The van der Waals surface area contributed by atoms with Gasteiger partial charge in [0.25, 0.3) is 0 Å². The third-order valence-corrected chi connectivity index (χ3v) is 3.09. The molecule has 0 spiro atoms. The average Bonchev–Trinajstić information content (AvgIpc) is 3.04. The first-order valence-electron chi connectivity index (χ1n) is 6.26. The second kappa shape index (κ2) is 5.36. The lowest BCUT2D eigenvalue weighted by Gasteiger charge is -2.20. The maximum absolute atomic E-state index is 10.7. The molecule has 0 aliphatic heterocycles. The van der Waals surface area contributed by atoms with E-state index in [2.05, 4.69) is 11.8 Å². The summed E-state index contributed by atoms with van der Waals surface area (Å²) in [6, 6.07) is 3.98. The summed E-state index contributed by atoms with van der Waals surface area (Å²) in [6.07, 6.45) is 4.89. The van der Waals surface area contributed by atoms with E-state index in [1.54, 1.807) is 6.07 Å². The van der Waals surface area contributed by atoms with Crippen molar-refractivity contribution in [2.75, 3.05) is 6.54 Å². The number of aromatic carboxylic acids is 1. The van der Waals surface area contributed by atoms with Crippen molar-refractivity contribution in [1.82, 2.24) is 4.90 Å². The van der Waals surface area contributed by atoms with Gasteiger partial charge in [0.2, 0.25) is 5.76 Å². The zero-order valence-corrected chi connectivity index (χ0v) is 10.2. The van der Waals surface area contributed by atoms with Gasteiger partial charge in [0.05, 0.1) is 6.54 Å². The first kappa shape index (κ1) is 12.2. The molecule has 0 radical (unpaired) electrons. The van der Waals surface area contributed by atoms with Gasteiger partial charge in [0, 0.05) is 6.04 Å². The monoisotopic (exact) mass is 237 g/mol. The van der Waals surface area contributed by atoms with E-state index >= 15 is 0 Å².